The number of benzene rings is 1. The number of morpholine rings is 1. The summed E-state index contributed by atoms with van der Waals surface area (Å²) >= 11 is 0. The molecule has 0 amide bonds. The molecule has 3 rings (SSSR count). The summed E-state index contributed by atoms with van der Waals surface area (Å²) < 4.78 is 11.3. The summed E-state index contributed by atoms with van der Waals surface area (Å²) in [4.78, 5) is 2.27. The molecule has 1 saturated heterocycles. The molecule has 2 aliphatic rings. The highest BCUT2D eigenvalue weighted by Crippen LogP contribution is 2.34. The summed E-state index contributed by atoms with van der Waals surface area (Å²) in [5.74, 6) is 0.808. The lowest BCUT2D eigenvalue weighted by Crippen LogP contribution is -2.52. The summed E-state index contributed by atoms with van der Waals surface area (Å²) in [6.07, 6.45) is -0.247. The molecule has 1 aromatic carbocycles. The molecular weight excluding hydrogens is 230 g/mol. The molecule has 18 heavy (non-hydrogen) atoms. The maximum absolute atomic E-state index is 10.5. The zero-order chi connectivity index (χ0) is 12.5. The van der Waals surface area contributed by atoms with Crippen molar-refractivity contribution in [1.29, 1.82) is 0 Å². The summed E-state index contributed by atoms with van der Waals surface area (Å²) in [7, 11) is 0. The maximum Gasteiger partial charge on any atom is 0.125 e. The van der Waals surface area contributed by atoms with Crippen LogP contribution >= 0.6 is 0 Å². The van der Waals surface area contributed by atoms with E-state index in [-0.39, 0.29) is 12.1 Å². The van der Waals surface area contributed by atoms with Crippen molar-refractivity contribution < 1.29 is 14.6 Å². The fourth-order valence-electron chi connectivity index (χ4n) is 2.78. The van der Waals surface area contributed by atoms with Gasteiger partial charge in [-0.1, -0.05) is 18.2 Å². The Hall–Kier alpha value is -1.10. The van der Waals surface area contributed by atoms with Crippen LogP contribution in [0.3, 0.4) is 0 Å². The van der Waals surface area contributed by atoms with Gasteiger partial charge in [0.05, 0.1) is 18.8 Å². The molecule has 98 valence electrons. The zero-order valence-corrected chi connectivity index (χ0v) is 10.6. The van der Waals surface area contributed by atoms with Crippen LogP contribution in [-0.4, -0.2) is 48.5 Å². The molecule has 0 bridgehead atoms. The van der Waals surface area contributed by atoms with Crippen molar-refractivity contribution in [3.05, 3.63) is 29.8 Å². The molecule has 0 aromatic heterocycles. The van der Waals surface area contributed by atoms with Gasteiger partial charge in [-0.3, -0.25) is 4.90 Å². The maximum atomic E-state index is 10.5. The van der Waals surface area contributed by atoms with Gasteiger partial charge in [-0.25, -0.2) is 0 Å². The topological polar surface area (TPSA) is 41.9 Å². The Morgan fingerprint density at radius 1 is 1.33 bits per heavy atom. The van der Waals surface area contributed by atoms with Crippen molar-refractivity contribution >= 4 is 0 Å². The lowest BCUT2D eigenvalue weighted by Gasteiger charge is -2.41. The molecular formula is C14H19NO3. The standard InChI is InChI=1S/C14H19NO3/c1-10-8-15(6-7-17-10)12-9-18-13-5-3-2-4-11(13)14(12)16/h2-5,10,12,14,16H,6-9H2,1H3. The second kappa shape index (κ2) is 4.88. The third-order valence-electron chi connectivity index (χ3n) is 3.75. The number of aliphatic hydroxyl groups is 1. The van der Waals surface area contributed by atoms with Crippen LogP contribution in [0, 0.1) is 0 Å². The van der Waals surface area contributed by atoms with Crippen molar-refractivity contribution in [2.75, 3.05) is 26.3 Å². The van der Waals surface area contributed by atoms with Gasteiger partial charge in [-0.05, 0) is 13.0 Å². The molecule has 1 aromatic rings. The lowest BCUT2D eigenvalue weighted by atomic mass is 9.97. The molecule has 0 aliphatic carbocycles. The van der Waals surface area contributed by atoms with Crippen LogP contribution in [0.4, 0.5) is 0 Å². The van der Waals surface area contributed by atoms with E-state index in [1.54, 1.807) is 0 Å². The Bertz CT molecular complexity index is 423. The minimum atomic E-state index is -0.472. The van der Waals surface area contributed by atoms with E-state index < -0.39 is 6.10 Å². The summed E-state index contributed by atoms with van der Waals surface area (Å²) in [6, 6.07) is 7.76. The zero-order valence-electron chi connectivity index (χ0n) is 10.6. The average molecular weight is 249 g/mol. The van der Waals surface area contributed by atoms with Crippen molar-refractivity contribution in [3.63, 3.8) is 0 Å². The van der Waals surface area contributed by atoms with E-state index in [2.05, 4.69) is 11.8 Å². The van der Waals surface area contributed by atoms with Crippen LogP contribution in [-0.2, 0) is 4.74 Å². The van der Waals surface area contributed by atoms with E-state index in [0.717, 1.165) is 31.0 Å². The first-order chi connectivity index (χ1) is 8.75. The third-order valence-corrected chi connectivity index (χ3v) is 3.75. The molecule has 1 N–H and O–H groups in total. The molecule has 2 heterocycles. The Kier molecular flexibility index (Phi) is 3.24. The normalized spacial score (nSPS) is 32.7. The van der Waals surface area contributed by atoms with Gasteiger partial charge in [0, 0.05) is 18.7 Å². The highest BCUT2D eigenvalue weighted by Gasteiger charge is 2.35. The van der Waals surface area contributed by atoms with Crippen LogP contribution in [0.5, 0.6) is 5.75 Å². The molecule has 0 saturated carbocycles. The second-order valence-electron chi connectivity index (χ2n) is 5.04. The minimum Gasteiger partial charge on any atom is -0.491 e. The van der Waals surface area contributed by atoms with Crippen LogP contribution in [0.1, 0.15) is 18.6 Å². The van der Waals surface area contributed by atoms with E-state index in [4.69, 9.17) is 9.47 Å². The van der Waals surface area contributed by atoms with Crippen LogP contribution in [0.25, 0.3) is 0 Å². The van der Waals surface area contributed by atoms with Crippen LogP contribution in [0.15, 0.2) is 24.3 Å². The highest BCUT2D eigenvalue weighted by molar-refractivity contribution is 5.37. The molecule has 0 spiro atoms. The lowest BCUT2D eigenvalue weighted by molar-refractivity contribution is -0.0735. The van der Waals surface area contributed by atoms with Gasteiger partial charge >= 0.3 is 0 Å². The Morgan fingerprint density at radius 3 is 3.00 bits per heavy atom. The fraction of sp³-hybridized carbons (Fsp3) is 0.571. The highest BCUT2D eigenvalue weighted by atomic mass is 16.5. The number of nitrogens with zero attached hydrogens (tertiary/aromatic N) is 1. The van der Waals surface area contributed by atoms with Gasteiger partial charge in [0.15, 0.2) is 0 Å². The van der Waals surface area contributed by atoms with E-state index >= 15 is 0 Å². The van der Waals surface area contributed by atoms with Gasteiger partial charge in [-0.2, -0.15) is 0 Å². The first-order valence-corrected chi connectivity index (χ1v) is 6.51. The first kappa shape index (κ1) is 12.0. The van der Waals surface area contributed by atoms with E-state index in [1.165, 1.54) is 0 Å². The number of rotatable bonds is 1. The SMILES string of the molecule is CC1CN(C2COc3ccccc3C2O)CCO1. The average Bonchev–Trinajstić information content (AvgIpc) is 2.39. The van der Waals surface area contributed by atoms with Gasteiger partial charge in [0.25, 0.3) is 0 Å². The fourth-order valence-corrected chi connectivity index (χ4v) is 2.78. The first-order valence-electron chi connectivity index (χ1n) is 6.51. The molecule has 4 heteroatoms. The van der Waals surface area contributed by atoms with Gasteiger partial charge in [0.1, 0.15) is 18.5 Å². The van der Waals surface area contributed by atoms with Crippen molar-refractivity contribution in [2.24, 2.45) is 0 Å². The summed E-state index contributed by atoms with van der Waals surface area (Å²) in [5, 5.41) is 10.5. The monoisotopic (exact) mass is 249 g/mol. The number of ether oxygens (including phenoxy) is 2. The van der Waals surface area contributed by atoms with Crippen molar-refractivity contribution in [3.8, 4) is 5.75 Å². The molecule has 2 aliphatic heterocycles. The molecule has 3 atom stereocenters. The number of hydrogen-bond acceptors (Lipinski definition) is 4. The second-order valence-corrected chi connectivity index (χ2v) is 5.04. The molecule has 4 nitrogen and oxygen atoms in total. The Balaban J connectivity index is 1.79. The Labute approximate surface area is 107 Å². The molecule has 3 unspecified atom stereocenters. The number of fused-ring (bicyclic) bond motifs is 1. The van der Waals surface area contributed by atoms with Gasteiger partial charge in [0.2, 0.25) is 0 Å². The smallest absolute Gasteiger partial charge is 0.125 e. The summed E-state index contributed by atoms with van der Waals surface area (Å²) in [5.41, 5.74) is 0.896. The van der Waals surface area contributed by atoms with Gasteiger partial charge in [-0.15, -0.1) is 0 Å². The quantitative estimate of drug-likeness (QED) is 0.812. The largest absolute Gasteiger partial charge is 0.491 e. The number of aliphatic hydroxyl groups excluding tert-OH is 1. The molecule has 0 radical (unpaired) electrons. The Morgan fingerprint density at radius 2 is 2.17 bits per heavy atom. The van der Waals surface area contributed by atoms with Gasteiger partial charge < -0.3 is 14.6 Å². The minimum absolute atomic E-state index is 0.0336. The van der Waals surface area contributed by atoms with E-state index in [0.29, 0.717) is 6.61 Å². The third kappa shape index (κ3) is 2.11. The van der Waals surface area contributed by atoms with Crippen LogP contribution < -0.4 is 4.74 Å². The summed E-state index contributed by atoms with van der Waals surface area (Å²) in [6.45, 7) is 5.05. The number of para-hydroxylation sites is 1. The molecule has 1 fully saturated rings. The van der Waals surface area contributed by atoms with E-state index in [9.17, 15) is 5.11 Å². The predicted octanol–water partition coefficient (Wildman–Crippen LogP) is 1.20. The van der Waals surface area contributed by atoms with Crippen molar-refractivity contribution in [2.45, 2.75) is 25.2 Å². The number of hydrogen-bond donors (Lipinski definition) is 1. The predicted molar refractivity (Wildman–Crippen MR) is 67.7 cm³/mol. The van der Waals surface area contributed by atoms with Crippen LogP contribution in [0.2, 0.25) is 0 Å². The van der Waals surface area contributed by atoms with E-state index in [1.807, 2.05) is 24.3 Å². The van der Waals surface area contributed by atoms with Crippen molar-refractivity contribution in [1.82, 2.24) is 4.90 Å².